The van der Waals surface area contributed by atoms with Crippen molar-refractivity contribution in [1.82, 2.24) is 10.3 Å². The van der Waals surface area contributed by atoms with E-state index in [0.717, 1.165) is 11.1 Å². The summed E-state index contributed by atoms with van der Waals surface area (Å²) in [7, 11) is 0. The Kier molecular flexibility index (Phi) is 7.10. The number of alkyl halides is 3. The third kappa shape index (κ3) is 5.62. The van der Waals surface area contributed by atoms with Gasteiger partial charge in [-0.3, -0.25) is 0 Å². The van der Waals surface area contributed by atoms with Gasteiger partial charge >= 0.3 is 6.18 Å². The lowest BCUT2D eigenvalue weighted by molar-refractivity contribution is -0.138. The third-order valence-electron chi connectivity index (χ3n) is 6.65. The number of aromatic nitrogens is 2. The lowest BCUT2D eigenvalue weighted by Gasteiger charge is -2.21. The molecule has 0 atom stereocenters. The van der Waals surface area contributed by atoms with Crippen molar-refractivity contribution in [3.05, 3.63) is 95.1 Å². The Morgan fingerprint density at radius 3 is 2.44 bits per heavy atom. The summed E-state index contributed by atoms with van der Waals surface area (Å²) in [6, 6.07) is 19.6. The van der Waals surface area contributed by atoms with E-state index in [1.807, 2.05) is 6.07 Å². The number of halogens is 3. The van der Waals surface area contributed by atoms with Gasteiger partial charge in [0.15, 0.2) is 11.5 Å². The second-order valence-electron chi connectivity index (χ2n) is 9.33. The molecule has 210 valence electrons. The van der Waals surface area contributed by atoms with Gasteiger partial charge in [0.2, 0.25) is 0 Å². The Morgan fingerprint density at radius 2 is 1.61 bits per heavy atom. The fourth-order valence-electron chi connectivity index (χ4n) is 4.67. The second kappa shape index (κ2) is 11.0. The summed E-state index contributed by atoms with van der Waals surface area (Å²) >= 11 is 0. The van der Waals surface area contributed by atoms with Gasteiger partial charge < -0.3 is 24.7 Å². The van der Waals surface area contributed by atoms with Crippen LogP contribution in [-0.2, 0) is 25.9 Å². The molecule has 11 heteroatoms. The standard InChI is InChI=1S/C30H24F3N3O5/c31-30(32,33)29-21(2-1-3-23(29)19-6-9-26-28(13-19)38-11-10-37-26)17-39-22-7-5-20(15-34)27(14-22)40-16-18-4-8-24-25(12-18)36-41-35-24/h1-9,12-14H,10-11,15-17,34H2. The van der Waals surface area contributed by atoms with E-state index in [1.54, 1.807) is 54.6 Å². The number of benzene rings is 4. The number of ether oxygens (including phenoxy) is 4. The molecule has 2 N–H and O–H groups in total. The molecule has 0 bridgehead atoms. The van der Waals surface area contributed by atoms with Gasteiger partial charge in [0.25, 0.3) is 0 Å². The number of rotatable bonds is 8. The summed E-state index contributed by atoms with van der Waals surface area (Å²) in [5, 5.41) is 7.61. The van der Waals surface area contributed by atoms with Crippen molar-refractivity contribution in [2.75, 3.05) is 13.2 Å². The highest BCUT2D eigenvalue weighted by Crippen LogP contribution is 2.42. The highest BCUT2D eigenvalue weighted by Gasteiger charge is 2.36. The molecule has 0 aliphatic carbocycles. The first kappa shape index (κ1) is 26.5. The Balaban J connectivity index is 1.24. The van der Waals surface area contributed by atoms with Gasteiger partial charge in [0, 0.05) is 23.7 Å². The van der Waals surface area contributed by atoms with Crippen LogP contribution in [0.4, 0.5) is 13.2 Å². The monoisotopic (exact) mass is 563 g/mol. The molecule has 4 aromatic carbocycles. The summed E-state index contributed by atoms with van der Waals surface area (Å²) in [6.45, 7) is 0.818. The van der Waals surface area contributed by atoms with Crippen LogP contribution in [0.3, 0.4) is 0 Å². The Labute approximate surface area is 232 Å². The molecule has 0 spiro atoms. The molecule has 0 saturated heterocycles. The lowest BCUT2D eigenvalue weighted by Crippen LogP contribution is -2.15. The van der Waals surface area contributed by atoms with Crippen LogP contribution in [0, 0.1) is 0 Å². The van der Waals surface area contributed by atoms with Crippen LogP contribution in [0.15, 0.2) is 77.4 Å². The molecular formula is C30H24F3N3O5. The largest absolute Gasteiger partial charge is 0.489 e. The number of hydrogen-bond donors (Lipinski definition) is 1. The first-order chi connectivity index (χ1) is 19.9. The van der Waals surface area contributed by atoms with E-state index < -0.39 is 11.7 Å². The quantitative estimate of drug-likeness (QED) is 0.235. The minimum atomic E-state index is -4.62. The summed E-state index contributed by atoms with van der Waals surface area (Å²) in [6.07, 6.45) is -4.62. The van der Waals surface area contributed by atoms with Gasteiger partial charge in [-0.2, -0.15) is 13.2 Å². The van der Waals surface area contributed by atoms with E-state index in [1.165, 1.54) is 12.1 Å². The summed E-state index contributed by atoms with van der Waals surface area (Å²) in [5.41, 5.74) is 8.27. The van der Waals surface area contributed by atoms with Crippen molar-refractivity contribution in [3.63, 3.8) is 0 Å². The maximum absolute atomic E-state index is 14.4. The number of hydrogen-bond acceptors (Lipinski definition) is 8. The van der Waals surface area contributed by atoms with Crippen molar-refractivity contribution in [2.24, 2.45) is 5.73 Å². The Bertz CT molecular complexity index is 1700. The molecule has 0 unspecified atom stereocenters. The molecule has 1 aromatic heterocycles. The minimum Gasteiger partial charge on any atom is -0.489 e. The molecule has 0 saturated carbocycles. The van der Waals surface area contributed by atoms with Crippen LogP contribution in [0.1, 0.15) is 22.3 Å². The van der Waals surface area contributed by atoms with Gasteiger partial charge in [-0.1, -0.05) is 36.4 Å². The highest BCUT2D eigenvalue weighted by atomic mass is 19.4. The van der Waals surface area contributed by atoms with Gasteiger partial charge in [0.05, 0.1) is 5.56 Å². The van der Waals surface area contributed by atoms with Crippen molar-refractivity contribution < 1.29 is 36.7 Å². The summed E-state index contributed by atoms with van der Waals surface area (Å²) in [4.78, 5) is 0. The van der Waals surface area contributed by atoms with Crippen LogP contribution >= 0.6 is 0 Å². The molecule has 8 nitrogen and oxygen atoms in total. The zero-order valence-electron chi connectivity index (χ0n) is 21.6. The van der Waals surface area contributed by atoms with Crippen LogP contribution in [0.25, 0.3) is 22.2 Å². The highest BCUT2D eigenvalue weighted by molar-refractivity contribution is 5.74. The van der Waals surface area contributed by atoms with Gasteiger partial charge in [-0.15, -0.1) is 0 Å². The van der Waals surface area contributed by atoms with Crippen molar-refractivity contribution in [3.8, 4) is 34.1 Å². The molecule has 1 aliphatic rings. The van der Waals surface area contributed by atoms with Crippen molar-refractivity contribution in [2.45, 2.75) is 25.9 Å². The molecule has 0 radical (unpaired) electrons. The molecule has 5 aromatic rings. The zero-order chi connectivity index (χ0) is 28.4. The summed E-state index contributed by atoms with van der Waals surface area (Å²) in [5.74, 6) is 1.71. The smallest absolute Gasteiger partial charge is 0.417 e. The second-order valence-corrected chi connectivity index (χ2v) is 9.33. The molecule has 2 heterocycles. The normalized spacial score (nSPS) is 12.9. The van der Waals surface area contributed by atoms with E-state index in [0.29, 0.717) is 52.8 Å². The number of nitrogens with zero attached hydrogens (tertiary/aromatic N) is 2. The lowest BCUT2D eigenvalue weighted by atomic mass is 9.94. The third-order valence-corrected chi connectivity index (χ3v) is 6.65. The predicted octanol–water partition coefficient (Wildman–Crippen LogP) is 6.30. The zero-order valence-corrected chi connectivity index (χ0v) is 21.6. The summed E-state index contributed by atoms with van der Waals surface area (Å²) < 4.78 is 70.9. The predicted molar refractivity (Wildman–Crippen MR) is 143 cm³/mol. The molecule has 41 heavy (non-hydrogen) atoms. The number of fused-ring (bicyclic) bond motifs is 2. The van der Waals surface area contributed by atoms with Crippen molar-refractivity contribution in [1.29, 1.82) is 0 Å². The van der Waals surface area contributed by atoms with Crippen LogP contribution in [0.2, 0.25) is 0 Å². The van der Waals surface area contributed by atoms with Crippen LogP contribution in [0.5, 0.6) is 23.0 Å². The van der Waals surface area contributed by atoms with E-state index in [9.17, 15) is 13.2 Å². The van der Waals surface area contributed by atoms with Crippen LogP contribution < -0.4 is 24.7 Å². The van der Waals surface area contributed by atoms with Gasteiger partial charge in [-0.05, 0) is 57.3 Å². The van der Waals surface area contributed by atoms with E-state index >= 15 is 0 Å². The van der Waals surface area contributed by atoms with Crippen molar-refractivity contribution >= 4 is 11.0 Å². The van der Waals surface area contributed by atoms with Gasteiger partial charge in [-0.25, -0.2) is 4.63 Å². The number of nitrogens with two attached hydrogens (primary N) is 1. The Hall–Kier alpha value is -4.77. The fourth-order valence-corrected chi connectivity index (χ4v) is 4.67. The molecule has 0 fully saturated rings. The first-order valence-electron chi connectivity index (χ1n) is 12.8. The first-order valence-corrected chi connectivity index (χ1v) is 12.8. The molecule has 6 rings (SSSR count). The molecular weight excluding hydrogens is 539 g/mol. The van der Waals surface area contributed by atoms with E-state index in [4.69, 9.17) is 29.3 Å². The van der Waals surface area contributed by atoms with Gasteiger partial charge in [0.1, 0.15) is 49.0 Å². The minimum absolute atomic E-state index is 0.00946. The van der Waals surface area contributed by atoms with E-state index in [-0.39, 0.29) is 30.9 Å². The molecule has 0 amide bonds. The Morgan fingerprint density at radius 1 is 0.780 bits per heavy atom. The average Bonchev–Trinajstić information content (AvgIpc) is 3.46. The average molecular weight is 564 g/mol. The van der Waals surface area contributed by atoms with E-state index in [2.05, 4.69) is 10.3 Å². The maximum atomic E-state index is 14.4. The molecule has 1 aliphatic heterocycles. The topological polar surface area (TPSA) is 102 Å². The SMILES string of the molecule is NCc1ccc(OCc2cccc(-c3ccc4c(c3)OCCO4)c2C(F)(F)F)cc1OCc1ccc2nonc2c1. The fraction of sp³-hybridized carbons (Fsp3) is 0.200. The maximum Gasteiger partial charge on any atom is 0.417 e. The van der Waals surface area contributed by atoms with Crippen LogP contribution in [-0.4, -0.2) is 23.5 Å².